The van der Waals surface area contributed by atoms with Crippen molar-refractivity contribution in [3.63, 3.8) is 0 Å². The molecule has 2 rings (SSSR count). The molecule has 1 aromatic heterocycles. The first kappa shape index (κ1) is 14.5. The van der Waals surface area contributed by atoms with Gasteiger partial charge in [0.05, 0.1) is 25.6 Å². The Morgan fingerprint density at radius 2 is 2.32 bits per heavy atom. The van der Waals surface area contributed by atoms with Crippen LogP contribution in [0.2, 0.25) is 0 Å². The maximum atomic E-state index is 5.91. The average Bonchev–Trinajstić information content (AvgIpc) is 2.78. The van der Waals surface area contributed by atoms with Crippen molar-refractivity contribution in [2.45, 2.75) is 32.4 Å². The molecule has 0 amide bonds. The van der Waals surface area contributed by atoms with Gasteiger partial charge in [-0.25, -0.2) is 4.98 Å². The predicted octanol–water partition coefficient (Wildman–Crippen LogP) is 0.912. The van der Waals surface area contributed by atoms with Crippen molar-refractivity contribution in [2.75, 3.05) is 33.3 Å². The van der Waals surface area contributed by atoms with E-state index in [2.05, 4.69) is 35.3 Å². The molecule has 2 N–H and O–H groups in total. The summed E-state index contributed by atoms with van der Waals surface area (Å²) in [6.45, 7) is 8.75. The molecule has 5 heteroatoms. The Balaban J connectivity index is 2.06. The van der Waals surface area contributed by atoms with Crippen LogP contribution in [-0.4, -0.2) is 53.8 Å². The first-order valence-corrected chi connectivity index (χ1v) is 7.12. The van der Waals surface area contributed by atoms with Crippen LogP contribution in [0.1, 0.15) is 25.5 Å². The first-order chi connectivity index (χ1) is 9.11. The fourth-order valence-electron chi connectivity index (χ4n) is 2.72. The average molecular weight is 266 g/mol. The zero-order valence-electron chi connectivity index (χ0n) is 12.2. The van der Waals surface area contributed by atoms with E-state index in [9.17, 15) is 0 Å². The highest BCUT2D eigenvalue weighted by molar-refractivity contribution is 5.08. The van der Waals surface area contributed by atoms with Gasteiger partial charge < -0.3 is 19.9 Å². The third-order valence-corrected chi connectivity index (χ3v) is 3.93. The van der Waals surface area contributed by atoms with Gasteiger partial charge >= 0.3 is 0 Å². The molecule has 0 spiro atoms. The minimum Gasteiger partial charge on any atom is -0.374 e. The molecule has 1 saturated heterocycles. The summed E-state index contributed by atoms with van der Waals surface area (Å²) in [5.41, 5.74) is 7.14. The zero-order valence-corrected chi connectivity index (χ0v) is 12.2. The van der Waals surface area contributed by atoms with Gasteiger partial charge in [0.15, 0.2) is 0 Å². The van der Waals surface area contributed by atoms with E-state index < -0.39 is 0 Å². The number of aromatic nitrogens is 2. The van der Waals surface area contributed by atoms with Crippen molar-refractivity contribution in [2.24, 2.45) is 11.7 Å². The molecule has 0 saturated carbocycles. The Morgan fingerprint density at radius 3 is 2.95 bits per heavy atom. The van der Waals surface area contributed by atoms with Gasteiger partial charge in [-0.1, -0.05) is 13.8 Å². The molecule has 0 aliphatic carbocycles. The van der Waals surface area contributed by atoms with Crippen LogP contribution in [0.3, 0.4) is 0 Å². The third kappa shape index (κ3) is 3.55. The van der Waals surface area contributed by atoms with Crippen molar-refractivity contribution in [3.05, 3.63) is 18.2 Å². The zero-order chi connectivity index (χ0) is 13.8. The standard InChI is InChI=1S/C14H26N4O/c1-11(2)13(6-15)14-7-16-10-18(14)9-12-8-17(3)4-5-19-12/h7,10-13H,4-6,8-9,15H2,1-3H3. The van der Waals surface area contributed by atoms with E-state index >= 15 is 0 Å². The summed E-state index contributed by atoms with van der Waals surface area (Å²) in [6, 6.07) is 0. The van der Waals surface area contributed by atoms with Gasteiger partial charge in [-0.05, 0) is 13.0 Å². The van der Waals surface area contributed by atoms with Crippen LogP contribution < -0.4 is 5.73 Å². The number of hydrogen-bond donors (Lipinski definition) is 1. The Morgan fingerprint density at radius 1 is 1.53 bits per heavy atom. The molecule has 2 atom stereocenters. The molecular formula is C14H26N4O. The lowest BCUT2D eigenvalue weighted by molar-refractivity contribution is -0.0279. The molecule has 5 nitrogen and oxygen atoms in total. The minimum atomic E-state index is 0.247. The Bertz CT molecular complexity index is 391. The topological polar surface area (TPSA) is 56.3 Å². The first-order valence-electron chi connectivity index (χ1n) is 7.12. The summed E-state index contributed by atoms with van der Waals surface area (Å²) < 4.78 is 8.04. The number of hydrogen-bond acceptors (Lipinski definition) is 4. The predicted molar refractivity (Wildman–Crippen MR) is 76.1 cm³/mol. The lowest BCUT2D eigenvalue weighted by atomic mass is 9.93. The smallest absolute Gasteiger partial charge is 0.0949 e. The van der Waals surface area contributed by atoms with E-state index in [4.69, 9.17) is 10.5 Å². The molecule has 1 aromatic rings. The molecule has 1 aliphatic rings. The van der Waals surface area contributed by atoms with Gasteiger partial charge in [0.2, 0.25) is 0 Å². The molecule has 108 valence electrons. The van der Waals surface area contributed by atoms with Crippen LogP contribution in [0.25, 0.3) is 0 Å². The summed E-state index contributed by atoms with van der Waals surface area (Å²) in [7, 11) is 2.14. The molecule has 0 bridgehead atoms. The van der Waals surface area contributed by atoms with Crippen LogP contribution in [0.4, 0.5) is 0 Å². The van der Waals surface area contributed by atoms with Crippen LogP contribution in [0, 0.1) is 5.92 Å². The van der Waals surface area contributed by atoms with Crippen LogP contribution in [0.5, 0.6) is 0 Å². The normalized spacial score (nSPS) is 22.9. The summed E-state index contributed by atoms with van der Waals surface area (Å²) >= 11 is 0. The van der Waals surface area contributed by atoms with E-state index in [0.717, 1.165) is 26.2 Å². The fraction of sp³-hybridized carbons (Fsp3) is 0.786. The lowest BCUT2D eigenvalue weighted by Gasteiger charge is -2.31. The summed E-state index contributed by atoms with van der Waals surface area (Å²) in [5, 5.41) is 0. The highest BCUT2D eigenvalue weighted by Crippen LogP contribution is 2.23. The van der Waals surface area contributed by atoms with Gasteiger partial charge in [-0.15, -0.1) is 0 Å². The number of ether oxygens (including phenoxy) is 1. The molecule has 0 aromatic carbocycles. The van der Waals surface area contributed by atoms with Crippen molar-refractivity contribution >= 4 is 0 Å². The highest BCUT2D eigenvalue weighted by Gasteiger charge is 2.22. The number of imidazole rings is 1. The van der Waals surface area contributed by atoms with Crippen LogP contribution in [-0.2, 0) is 11.3 Å². The Hall–Kier alpha value is -0.910. The van der Waals surface area contributed by atoms with E-state index in [0.29, 0.717) is 18.4 Å². The van der Waals surface area contributed by atoms with E-state index in [1.165, 1.54) is 5.69 Å². The Kier molecular flexibility index (Phi) is 4.96. The number of likely N-dealkylation sites (N-methyl/N-ethyl adjacent to an activating group) is 1. The van der Waals surface area contributed by atoms with Gasteiger partial charge in [-0.3, -0.25) is 0 Å². The monoisotopic (exact) mass is 266 g/mol. The molecular weight excluding hydrogens is 240 g/mol. The summed E-state index contributed by atoms with van der Waals surface area (Å²) in [4.78, 5) is 6.61. The number of morpholine rings is 1. The third-order valence-electron chi connectivity index (χ3n) is 3.93. The summed E-state index contributed by atoms with van der Waals surface area (Å²) in [6.07, 6.45) is 4.10. The fourth-order valence-corrected chi connectivity index (χ4v) is 2.72. The van der Waals surface area contributed by atoms with E-state index in [-0.39, 0.29) is 6.10 Å². The molecule has 2 unspecified atom stereocenters. The van der Waals surface area contributed by atoms with Crippen LogP contribution in [0.15, 0.2) is 12.5 Å². The van der Waals surface area contributed by atoms with Gasteiger partial charge in [0, 0.05) is 37.4 Å². The molecule has 2 heterocycles. The van der Waals surface area contributed by atoms with Gasteiger partial charge in [-0.2, -0.15) is 0 Å². The molecule has 0 radical (unpaired) electrons. The molecule has 1 fully saturated rings. The van der Waals surface area contributed by atoms with E-state index in [1.54, 1.807) is 0 Å². The quantitative estimate of drug-likeness (QED) is 0.861. The SMILES string of the molecule is CC(C)C(CN)c1cncn1CC1CN(C)CCO1. The van der Waals surface area contributed by atoms with Gasteiger partial charge in [0.25, 0.3) is 0 Å². The summed E-state index contributed by atoms with van der Waals surface area (Å²) in [5.74, 6) is 0.888. The van der Waals surface area contributed by atoms with Crippen molar-refractivity contribution < 1.29 is 4.74 Å². The van der Waals surface area contributed by atoms with Crippen molar-refractivity contribution in [3.8, 4) is 0 Å². The maximum Gasteiger partial charge on any atom is 0.0949 e. The van der Waals surface area contributed by atoms with Gasteiger partial charge in [0.1, 0.15) is 0 Å². The number of nitrogens with zero attached hydrogens (tertiary/aromatic N) is 3. The lowest BCUT2D eigenvalue weighted by Crippen LogP contribution is -2.42. The van der Waals surface area contributed by atoms with Crippen LogP contribution >= 0.6 is 0 Å². The second-order valence-electron chi connectivity index (χ2n) is 5.81. The molecule has 1 aliphatic heterocycles. The number of rotatable bonds is 5. The largest absolute Gasteiger partial charge is 0.374 e. The van der Waals surface area contributed by atoms with Crippen molar-refractivity contribution in [1.29, 1.82) is 0 Å². The second-order valence-corrected chi connectivity index (χ2v) is 5.81. The maximum absolute atomic E-state index is 5.91. The number of nitrogens with two attached hydrogens (primary N) is 1. The second kappa shape index (κ2) is 6.50. The minimum absolute atomic E-state index is 0.247. The van der Waals surface area contributed by atoms with Crippen molar-refractivity contribution in [1.82, 2.24) is 14.5 Å². The molecule has 19 heavy (non-hydrogen) atoms. The Labute approximate surface area is 115 Å². The highest BCUT2D eigenvalue weighted by atomic mass is 16.5. The van der Waals surface area contributed by atoms with E-state index in [1.807, 2.05) is 12.5 Å².